The summed E-state index contributed by atoms with van der Waals surface area (Å²) in [5, 5.41) is 14.7. The Morgan fingerprint density at radius 1 is 1.35 bits per heavy atom. The Morgan fingerprint density at radius 3 is 2.83 bits per heavy atom. The number of aliphatic carboxylic acids is 1. The van der Waals surface area contributed by atoms with Gasteiger partial charge in [0.25, 0.3) is 0 Å². The van der Waals surface area contributed by atoms with Gasteiger partial charge in [0.15, 0.2) is 6.04 Å². The molecule has 7 heteroatoms. The highest BCUT2D eigenvalue weighted by Crippen LogP contribution is 2.30. The molecule has 1 unspecified atom stereocenters. The second-order valence-electron chi connectivity index (χ2n) is 4.94. The largest absolute Gasteiger partial charge is 0.496 e. The quantitative estimate of drug-likeness (QED) is 0.752. The van der Waals surface area contributed by atoms with Crippen molar-refractivity contribution in [2.75, 3.05) is 7.11 Å². The molecule has 5 nitrogen and oxygen atoms in total. The van der Waals surface area contributed by atoms with Crippen molar-refractivity contribution in [1.29, 1.82) is 0 Å². The van der Waals surface area contributed by atoms with E-state index >= 15 is 0 Å². The van der Waals surface area contributed by atoms with Crippen LogP contribution in [-0.4, -0.2) is 28.0 Å². The average molecular weight is 379 g/mol. The van der Waals surface area contributed by atoms with Crippen LogP contribution in [0.15, 0.2) is 47.1 Å². The Bertz CT molecular complexity index is 894. The number of hydrogen-bond donors (Lipinski definition) is 1. The van der Waals surface area contributed by atoms with Crippen LogP contribution in [0.2, 0.25) is 0 Å². The fourth-order valence-corrected chi connectivity index (χ4v) is 2.80. The minimum Gasteiger partial charge on any atom is -0.496 e. The summed E-state index contributed by atoms with van der Waals surface area (Å²) < 4.78 is 20.9. The van der Waals surface area contributed by atoms with E-state index in [4.69, 9.17) is 4.74 Å². The van der Waals surface area contributed by atoms with Crippen LogP contribution in [0.4, 0.5) is 4.39 Å². The molecule has 1 heterocycles. The number of fused-ring (bicyclic) bond motifs is 1. The lowest BCUT2D eigenvalue weighted by Gasteiger charge is -2.16. The maximum atomic E-state index is 13.6. The molecule has 3 aromatic rings. The Balaban J connectivity index is 2.18. The molecule has 0 fully saturated rings. The molecular weight excluding hydrogens is 367 g/mol. The first-order chi connectivity index (χ1) is 11.0. The number of halogens is 2. The van der Waals surface area contributed by atoms with Crippen LogP contribution in [0.3, 0.4) is 0 Å². The highest BCUT2D eigenvalue weighted by molar-refractivity contribution is 9.10. The Labute approximate surface area is 139 Å². The standard InChI is InChI=1S/C16H12BrFN2O3/c1-23-14-5-4-11(18)7-12(14)15(16(21)22)20-8-9-2-3-10(17)6-13(9)19-20/h2-8,15H,1H3,(H,21,22). The third-order valence-corrected chi connectivity index (χ3v) is 3.97. The zero-order valence-electron chi connectivity index (χ0n) is 12.0. The van der Waals surface area contributed by atoms with Crippen molar-refractivity contribution in [1.82, 2.24) is 9.78 Å². The lowest BCUT2D eigenvalue weighted by Crippen LogP contribution is -2.21. The lowest BCUT2D eigenvalue weighted by molar-refractivity contribution is -0.139. The molecule has 0 aliphatic heterocycles. The molecule has 3 rings (SSSR count). The van der Waals surface area contributed by atoms with Gasteiger partial charge in [0, 0.05) is 21.6 Å². The smallest absolute Gasteiger partial charge is 0.333 e. The molecule has 0 radical (unpaired) electrons. The molecular formula is C16H12BrFN2O3. The summed E-state index contributed by atoms with van der Waals surface area (Å²) in [5.74, 6) is -1.40. The van der Waals surface area contributed by atoms with Crippen LogP contribution in [0, 0.1) is 5.82 Å². The van der Waals surface area contributed by atoms with Gasteiger partial charge in [0.1, 0.15) is 11.6 Å². The van der Waals surface area contributed by atoms with Gasteiger partial charge in [0.05, 0.1) is 12.6 Å². The summed E-state index contributed by atoms with van der Waals surface area (Å²) in [4.78, 5) is 11.8. The Kier molecular flexibility index (Phi) is 4.04. The average Bonchev–Trinajstić information content (AvgIpc) is 2.89. The fourth-order valence-electron chi connectivity index (χ4n) is 2.45. The maximum Gasteiger partial charge on any atom is 0.333 e. The first-order valence-electron chi connectivity index (χ1n) is 6.70. The molecule has 0 aliphatic carbocycles. The third kappa shape index (κ3) is 2.92. The summed E-state index contributed by atoms with van der Waals surface area (Å²) in [7, 11) is 1.41. The van der Waals surface area contributed by atoms with E-state index in [1.165, 1.54) is 23.9 Å². The zero-order valence-corrected chi connectivity index (χ0v) is 13.6. The predicted octanol–water partition coefficient (Wildman–Crippen LogP) is 3.62. The lowest BCUT2D eigenvalue weighted by atomic mass is 10.1. The van der Waals surface area contributed by atoms with Crippen LogP contribution in [0.1, 0.15) is 11.6 Å². The molecule has 0 amide bonds. The van der Waals surface area contributed by atoms with Crippen LogP contribution in [-0.2, 0) is 4.79 Å². The highest BCUT2D eigenvalue weighted by atomic mass is 79.9. The van der Waals surface area contributed by atoms with Crippen molar-refractivity contribution in [2.45, 2.75) is 6.04 Å². The molecule has 0 saturated heterocycles. The van der Waals surface area contributed by atoms with E-state index in [1.54, 1.807) is 12.3 Å². The maximum absolute atomic E-state index is 13.6. The molecule has 0 bridgehead atoms. The van der Waals surface area contributed by atoms with E-state index in [9.17, 15) is 14.3 Å². The van der Waals surface area contributed by atoms with E-state index in [-0.39, 0.29) is 5.56 Å². The van der Waals surface area contributed by atoms with E-state index in [0.29, 0.717) is 11.3 Å². The minimum absolute atomic E-state index is 0.201. The summed E-state index contributed by atoms with van der Waals surface area (Å²) in [6.45, 7) is 0. The van der Waals surface area contributed by atoms with Gasteiger partial charge >= 0.3 is 5.97 Å². The third-order valence-electron chi connectivity index (χ3n) is 3.47. The number of carboxylic acid groups (broad SMARTS) is 1. The number of ether oxygens (including phenoxy) is 1. The van der Waals surface area contributed by atoms with Gasteiger partial charge in [-0.3, -0.25) is 4.68 Å². The van der Waals surface area contributed by atoms with Crippen molar-refractivity contribution in [3.05, 3.63) is 58.4 Å². The number of aromatic nitrogens is 2. The Morgan fingerprint density at radius 2 is 2.13 bits per heavy atom. The number of carbonyl (C=O) groups is 1. The number of benzene rings is 2. The molecule has 0 saturated carbocycles. The van der Waals surface area contributed by atoms with Crippen molar-refractivity contribution in [2.24, 2.45) is 0 Å². The summed E-state index contributed by atoms with van der Waals surface area (Å²) in [5.41, 5.74) is 0.841. The van der Waals surface area contributed by atoms with Crippen molar-refractivity contribution < 1.29 is 19.0 Å². The number of nitrogens with zero attached hydrogens (tertiary/aromatic N) is 2. The van der Waals surface area contributed by atoms with Gasteiger partial charge in [-0.2, -0.15) is 5.10 Å². The van der Waals surface area contributed by atoms with E-state index < -0.39 is 17.8 Å². The second kappa shape index (κ2) is 6.00. The van der Waals surface area contributed by atoms with Crippen molar-refractivity contribution in [3.63, 3.8) is 0 Å². The molecule has 0 aliphatic rings. The van der Waals surface area contributed by atoms with Gasteiger partial charge in [-0.05, 0) is 30.3 Å². The first kappa shape index (κ1) is 15.5. The van der Waals surface area contributed by atoms with E-state index in [0.717, 1.165) is 15.9 Å². The fraction of sp³-hybridized carbons (Fsp3) is 0.125. The van der Waals surface area contributed by atoms with Crippen molar-refractivity contribution in [3.8, 4) is 5.75 Å². The van der Waals surface area contributed by atoms with Gasteiger partial charge in [-0.15, -0.1) is 0 Å². The topological polar surface area (TPSA) is 64.3 Å². The van der Waals surface area contributed by atoms with Crippen LogP contribution >= 0.6 is 15.9 Å². The van der Waals surface area contributed by atoms with Gasteiger partial charge in [-0.25, -0.2) is 9.18 Å². The van der Waals surface area contributed by atoms with Crippen LogP contribution < -0.4 is 4.74 Å². The molecule has 118 valence electrons. The molecule has 0 spiro atoms. The number of methoxy groups -OCH3 is 1. The molecule has 1 aromatic heterocycles. The minimum atomic E-state index is -1.19. The van der Waals surface area contributed by atoms with Crippen molar-refractivity contribution >= 4 is 32.8 Å². The number of rotatable bonds is 4. The molecule has 1 atom stereocenters. The SMILES string of the molecule is COc1ccc(F)cc1C(C(=O)O)n1cc2ccc(Br)cc2n1. The number of carboxylic acids is 1. The summed E-state index contributed by atoms with van der Waals surface area (Å²) >= 11 is 3.35. The van der Waals surface area contributed by atoms with Crippen LogP contribution in [0.25, 0.3) is 10.9 Å². The summed E-state index contributed by atoms with van der Waals surface area (Å²) in [6, 6.07) is 8.04. The number of hydrogen-bond acceptors (Lipinski definition) is 3. The first-order valence-corrected chi connectivity index (χ1v) is 7.49. The zero-order chi connectivity index (χ0) is 16.6. The molecule has 2 aromatic carbocycles. The molecule has 1 N–H and O–H groups in total. The van der Waals surface area contributed by atoms with Crippen LogP contribution in [0.5, 0.6) is 5.75 Å². The van der Waals surface area contributed by atoms with E-state index in [2.05, 4.69) is 21.0 Å². The Hall–Kier alpha value is -2.41. The second-order valence-corrected chi connectivity index (χ2v) is 5.85. The molecule has 23 heavy (non-hydrogen) atoms. The van der Waals surface area contributed by atoms with Gasteiger partial charge in [0.2, 0.25) is 0 Å². The highest BCUT2D eigenvalue weighted by Gasteiger charge is 2.27. The predicted molar refractivity (Wildman–Crippen MR) is 86.2 cm³/mol. The van der Waals surface area contributed by atoms with E-state index in [1.807, 2.05) is 12.1 Å². The van der Waals surface area contributed by atoms with Gasteiger partial charge in [-0.1, -0.05) is 22.0 Å². The monoisotopic (exact) mass is 378 g/mol. The summed E-state index contributed by atoms with van der Waals surface area (Å²) in [6.07, 6.45) is 1.62. The normalized spacial score (nSPS) is 12.3. The van der Waals surface area contributed by atoms with Gasteiger partial charge < -0.3 is 9.84 Å².